The van der Waals surface area contributed by atoms with Crippen molar-refractivity contribution in [1.82, 2.24) is 9.55 Å². The predicted octanol–water partition coefficient (Wildman–Crippen LogP) is 5.65. The number of rotatable bonds is 3. The molecule has 1 aliphatic heterocycles. The fourth-order valence-electron chi connectivity index (χ4n) is 3.55. The van der Waals surface area contributed by atoms with Crippen LogP contribution in [0.2, 0.25) is 5.02 Å². The van der Waals surface area contributed by atoms with Gasteiger partial charge in [0.15, 0.2) is 11.2 Å². The molecule has 2 aromatic heterocycles. The summed E-state index contributed by atoms with van der Waals surface area (Å²) in [5, 5.41) is 7.04. The van der Waals surface area contributed by atoms with Crippen LogP contribution >= 0.6 is 23.8 Å². The first-order valence-electron chi connectivity index (χ1n) is 9.86. The first-order valence-corrected chi connectivity index (χ1v) is 10.6. The molecular formula is C24H17ClN4O2S. The van der Waals surface area contributed by atoms with Crippen LogP contribution in [0.3, 0.4) is 0 Å². The predicted molar refractivity (Wildman–Crippen MR) is 129 cm³/mol. The average molecular weight is 461 g/mol. The van der Waals surface area contributed by atoms with Gasteiger partial charge in [-0.05, 0) is 60.7 Å². The van der Waals surface area contributed by atoms with Crippen molar-refractivity contribution in [2.75, 3.05) is 10.6 Å². The molecule has 3 heterocycles. The molecule has 8 heteroatoms. The van der Waals surface area contributed by atoms with Crippen molar-refractivity contribution >= 4 is 46.2 Å². The summed E-state index contributed by atoms with van der Waals surface area (Å²) in [6.07, 6.45) is 2.67. The zero-order valence-electron chi connectivity index (χ0n) is 16.7. The third-order valence-corrected chi connectivity index (χ3v) is 5.48. The Morgan fingerprint density at radius 2 is 1.81 bits per heavy atom. The molecule has 1 unspecified atom stereocenters. The van der Waals surface area contributed by atoms with Crippen molar-refractivity contribution < 1.29 is 9.53 Å². The molecule has 0 radical (unpaired) electrons. The Morgan fingerprint density at radius 1 is 1.00 bits per heavy atom. The molecule has 32 heavy (non-hydrogen) atoms. The van der Waals surface area contributed by atoms with Crippen LogP contribution in [0.15, 0.2) is 85.2 Å². The zero-order chi connectivity index (χ0) is 22.1. The number of anilines is 2. The summed E-state index contributed by atoms with van der Waals surface area (Å²) in [6, 6.07) is 22.2. The molecule has 5 rings (SSSR count). The fourth-order valence-corrected chi connectivity index (χ4v) is 3.89. The van der Waals surface area contributed by atoms with E-state index in [9.17, 15) is 4.79 Å². The van der Waals surface area contributed by atoms with Crippen LogP contribution in [-0.2, 0) is 0 Å². The topological polar surface area (TPSA) is 68.2 Å². The number of benzene rings is 2. The van der Waals surface area contributed by atoms with Crippen LogP contribution in [0, 0.1) is 0 Å². The first-order chi connectivity index (χ1) is 15.6. The van der Waals surface area contributed by atoms with Gasteiger partial charge in [0.2, 0.25) is 5.78 Å². The molecule has 0 spiro atoms. The summed E-state index contributed by atoms with van der Waals surface area (Å²) >= 11 is 11.2. The van der Waals surface area contributed by atoms with Gasteiger partial charge in [0.25, 0.3) is 0 Å². The van der Waals surface area contributed by atoms with Crippen molar-refractivity contribution in [3.8, 4) is 11.4 Å². The number of fused-ring (bicyclic) bond motifs is 3. The molecule has 4 aromatic rings. The molecule has 158 valence electrons. The van der Waals surface area contributed by atoms with Crippen molar-refractivity contribution in [3.05, 3.63) is 101 Å². The lowest BCUT2D eigenvalue weighted by Crippen LogP contribution is -2.20. The largest absolute Gasteiger partial charge is 0.475 e. The summed E-state index contributed by atoms with van der Waals surface area (Å²) < 4.78 is 8.02. The van der Waals surface area contributed by atoms with E-state index in [0.717, 1.165) is 16.9 Å². The zero-order valence-corrected chi connectivity index (χ0v) is 18.2. The second-order valence-electron chi connectivity index (χ2n) is 7.16. The third kappa shape index (κ3) is 3.95. The van der Waals surface area contributed by atoms with E-state index >= 15 is 0 Å². The normalized spacial score (nSPS) is 14.5. The van der Waals surface area contributed by atoms with E-state index in [2.05, 4.69) is 15.6 Å². The Balaban J connectivity index is 1.35. The lowest BCUT2D eigenvalue weighted by molar-refractivity contribution is 0.0796. The number of carbonyl (C=O) groups is 1. The van der Waals surface area contributed by atoms with Crippen LogP contribution in [-0.4, -0.2) is 20.4 Å². The SMILES string of the molecule is O=C1c2cccn2-c2ccccc2OC1c1ccc(NC(=S)Nc2ccc(Cl)cn2)cc1. The number of nitrogens with one attached hydrogen (secondary N) is 2. The molecule has 0 aliphatic carbocycles. The highest BCUT2D eigenvalue weighted by molar-refractivity contribution is 7.80. The van der Waals surface area contributed by atoms with Gasteiger partial charge in [-0.2, -0.15) is 0 Å². The second-order valence-corrected chi connectivity index (χ2v) is 8.00. The molecular weight excluding hydrogens is 444 g/mol. The van der Waals surface area contributed by atoms with Gasteiger partial charge >= 0.3 is 0 Å². The number of carbonyl (C=O) groups excluding carboxylic acids is 1. The number of Topliss-reactive ketones (excluding diaryl/α,β-unsaturated/α-hetero) is 1. The van der Waals surface area contributed by atoms with Gasteiger partial charge < -0.3 is 19.9 Å². The number of thiocarbonyl (C=S) groups is 1. The molecule has 0 saturated carbocycles. The minimum atomic E-state index is -0.746. The Morgan fingerprint density at radius 3 is 2.59 bits per heavy atom. The number of hydrogen-bond donors (Lipinski definition) is 2. The van der Waals surface area contributed by atoms with Crippen molar-refractivity contribution in [1.29, 1.82) is 0 Å². The van der Waals surface area contributed by atoms with Gasteiger partial charge in [-0.1, -0.05) is 35.9 Å². The summed E-state index contributed by atoms with van der Waals surface area (Å²) in [7, 11) is 0. The molecule has 6 nitrogen and oxygen atoms in total. The average Bonchev–Trinajstić information content (AvgIpc) is 3.25. The standard InChI is InChI=1S/C24H17ClN4O2S/c25-16-9-12-21(26-14-16)28-24(32)27-17-10-7-15(8-11-17)23-22(30)19-5-3-13-29(19)18-4-1-2-6-20(18)31-23/h1-14,23H,(H2,26,27,28,32). The summed E-state index contributed by atoms with van der Waals surface area (Å²) in [4.78, 5) is 17.4. The Bertz CT molecular complexity index is 1300. The van der Waals surface area contributed by atoms with E-state index in [1.165, 1.54) is 0 Å². The maximum absolute atomic E-state index is 13.2. The van der Waals surface area contributed by atoms with Crippen molar-refractivity contribution in [2.45, 2.75) is 6.10 Å². The molecule has 1 atom stereocenters. The quantitative estimate of drug-likeness (QED) is 0.385. The van der Waals surface area contributed by atoms with E-state index in [4.69, 9.17) is 28.6 Å². The summed E-state index contributed by atoms with van der Waals surface area (Å²) in [5.41, 5.74) is 2.95. The smallest absolute Gasteiger partial charge is 0.224 e. The Kier molecular flexibility index (Phi) is 5.34. The van der Waals surface area contributed by atoms with Crippen molar-refractivity contribution in [3.63, 3.8) is 0 Å². The van der Waals surface area contributed by atoms with E-state index in [1.807, 2.05) is 71.4 Å². The van der Waals surface area contributed by atoms with Crippen LogP contribution in [0.4, 0.5) is 11.5 Å². The number of para-hydroxylation sites is 2. The van der Waals surface area contributed by atoms with E-state index < -0.39 is 6.10 Å². The monoisotopic (exact) mass is 460 g/mol. The van der Waals surface area contributed by atoms with Gasteiger partial charge in [0.1, 0.15) is 11.6 Å². The van der Waals surface area contributed by atoms with E-state index in [-0.39, 0.29) is 5.78 Å². The number of hydrogen-bond acceptors (Lipinski definition) is 4. The second kappa shape index (κ2) is 8.45. The minimum absolute atomic E-state index is 0.0992. The lowest BCUT2D eigenvalue weighted by atomic mass is 10.0. The number of halogens is 1. The number of ether oxygens (including phenoxy) is 1. The number of pyridine rings is 1. The molecule has 2 N–H and O–H groups in total. The summed E-state index contributed by atoms with van der Waals surface area (Å²) in [5.74, 6) is 1.14. The third-order valence-electron chi connectivity index (χ3n) is 5.05. The summed E-state index contributed by atoms with van der Waals surface area (Å²) in [6.45, 7) is 0. The van der Waals surface area contributed by atoms with Crippen LogP contribution in [0.5, 0.6) is 5.75 Å². The molecule has 1 aliphatic rings. The van der Waals surface area contributed by atoms with Crippen LogP contribution in [0.25, 0.3) is 5.69 Å². The van der Waals surface area contributed by atoms with Crippen LogP contribution in [0.1, 0.15) is 22.2 Å². The van der Waals surface area contributed by atoms with Gasteiger partial charge in [-0.25, -0.2) is 4.98 Å². The highest BCUT2D eigenvalue weighted by atomic mass is 35.5. The minimum Gasteiger partial charge on any atom is -0.475 e. The van der Waals surface area contributed by atoms with Crippen molar-refractivity contribution in [2.24, 2.45) is 0 Å². The van der Waals surface area contributed by atoms with Gasteiger partial charge in [0.05, 0.1) is 16.4 Å². The number of nitrogens with zero attached hydrogens (tertiary/aromatic N) is 2. The van der Waals surface area contributed by atoms with Gasteiger partial charge in [-0.15, -0.1) is 0 Å². The highest BCUT2D eigenvalue weighted by Crippen LogP contribution is 2.35. The van der Waals surface area contributed by atoms with Crippen LogP contribution < -0.4 is 15.4 Å². The first kappa shape index (κ1) is 20.2. The molecule has 0 saturated heterocycles. The van der Waals surface area contributed by atoms with E-state index in [1.54, 1.807) is 18.3 Å². The highest BCUT2D eigenvalue weighted by Gasteiger charge is 2.31. The molecule has 2 aromatic carbocycles. The maximum Gasteiger partial charge on any atom is 0.224 e. The molecule has 0 bridgehead atoms. The Hall–Kier alpha value is -3.68. The van der Waals surface area contributed by atoms with E-state index in [0.29, 0.717) is 27.4 Å². The van der Waals surface area contributed by atoms with Gasteiger partial charge in [-0.3, -0.25) is 4.79 Å². The lowest BCUT2D eigenvalue weighted by Gasteiger charge is -2.17. The van der Waals surface area contributed by atoms with Gasteiger partial charge in [0, 0.05) is 23.6 Å². The molecule has 0 fully saturated rings. The Labute approximate surface area is 194 Å². The fraction of sp³-hybridized carbons (Fsp3) is 0.0417. The number of ketones is 1. The number of aromatic nitrogens is 2. The maximum atomic E-state index is 13.2. The molecule has 0 amide bonds.